The van der Waals surface area contributed by atoms with E-state index in [2.05, 4.69) is 4.98 Å². The molecule has 0 atom stereocenters. The molecular formula is C10H11ClN2OS. The molecule has 0 amide bonds. The average Bonchev–Trinajstić information content (AvgIpc) is 2.60. The number of thiazole rings is 1. The van der Waals surface area contributed by atoms with E-state index in [4.69, 9.17) is 21.6 Å². The second-order valence-electron chi connectivity index (χ2n) is 3.59. The van der Waals surface area contributed by atoms with Gasteiger partial charge in [0, 0.05) is 0 Å². The van der Waals surface area contributed by atoms with Crippen LogP contribution in [0.1, 0.15) is 37.0 Å². The number of hydrogen-bond acceptors (Lipinski definition) is 4. The second kappa shape index (κ2) is 4.82. The molecule has 0 aliphatic heterocycles. The van der Waals surface area contributed by atoms with Crippen LogP contribution in [0.4, 0.5) is 0 Å². The fraction of sp³-hybridized carbons (Fsp3) is 0.600. The van der Waals surface area contributed by atoms with Crippen LogP contribution in [-0.4, -0.2) is 11.1 Å². The van der Waals surface area contributed by atoms with E-state index in [1.807, 2.05) is 6.07 Å². The number of aromatic nitrogens is 1. The van der Waals surface area contributed by atoms with Gasteiger partial charge in [-0.1, -0.05) is 29.4 Å². The van der Waals surface area contributed by atoms with E-state index in [1.54, 1.807) is 0 Å². The molecule has 0 N–H and O–H groups in total. The molecule has 0 radical (unpaired) electrons. The summed E-state index contributed by atoms with van der Waals surface area (Å²) >= 11 is 6.99. The third-order valence-electron chi connectivity index (χ3n) is 2.49. The van der Waals surface area contributed by atoms with Gasteiger partial charge in [0.1, 0.15) is 17.1 Å². The number of nitriles is 1. The Bertz CT molecular complexity index is 379. The lowest BCUT2D eigenvalue weighted by atomic mass is 9.98. The zero-order chi connectivity index (χ0) is 10.7. The van der Waals surface area contributed by atoms with Gasteiger partial charge in [-0.25, -0.2) is 0 Å². The molecule has 1 heterocycles. The van der Waals surface area contributed by atoms with Crippen molar-refractivity contribution in [2.24, 2.45) is 0 Å². The fourth-order valence-electron chi connectivity index (χ4n) is 1.73. The summed E-state index contributed by atoms with van der Waals surface area (Å²) in [7, 11) is 0. The molecule has 5 heteroatoms. The summed E-state index contributed by atoms with van der Waals surface area (Å²) in [5.74, 6) is 0. The number of ether oxygens (including phenoxy) is 1. The maximum atomic E-state index is 8.72. The van der Waals surface area contributed by atoms with Gasteiger partial charge < -0.3 is 4.74 Å². The second-order valence-corrected chi connectivity index (χ2v) is 4.91. The van der Waals surface area contributed by atoms with E-state index in [0.29, 0.717) is 10.1 Å². The first-order chi connectivity index (χ1) is 7.29. The first-order valence-corrected chi connectivity index (χ1v) is 6.22. The van der Waals surface area contributed by atoms with Crippen LogP contribution < -0.4 is 4.74 Å². The van der Waals surface area contributed by atoms with Crippen molar-refractivity contribution in [3.05, 3.63) is 10.0 Å². The first kappa shape index (κ1) is 10.7. The summed E-state index contributed by atoms with van der Waals surface area (Å²) in [4.78, 5) is 4.45. The zero-order valence-electron chi connectivity index (χ0n) is 8.20. The predicted octanol–water partition coefficient (Wildman–Crippen LogP) is 3.38. The van der Waals surface area contributed by atoms with Crippen molar-refractivity contribution in [2.75, 3.05) is 0 Å². The predicted molar refractivity (Wildman–Crippen MR) is 59.3 cm³/mol. The van der Waals surface area contributed by atoms with E-state index in [-0.39, 0.29) is 11.3 Å². The molecule has 0 saturated heterocycles. The van der Waals surface area contributed by atoms with Crippen molar-refractivity contribution in [2.45, 2.75) is 38.2 Å². The Morgan fingerprint density at radius 1 is 1.40 bits per heavy atom. The van der Waals surface area contributed by atoms with Gasteiger partial charge in [-0.2, -0.15) is 10.2 Å². The minimum atomic E-state index is 0.257. The molecule has 1 saturated carbocycles. The lowest BCUT2D eigenvalue weighted by Gasteiger charge is -2.21. The van der Waals surface area contributed by atoms with Crippen molar-refractivity contribution < 1.29 is 4.74 Å². The standard InChI is InChI=1S/C10H11ClN2OS/c11-9-8(6-12)15-10(13-9)14-7-4-2-1-3-5-7/h7H,1-5H2. The molecule has 0 unspecified atom stereocenters. The Morgan fingerprint density at radius 2 is 2.13 bits per heavy atom. The highest BCUT2D eigenvalue weighted by Crippen LogP contribution is 2.30. The van der Waals surface area contributed by atoms with Crippen LogP contribution in [0.5, 0.6) is 5.19 Å². The van der Waals surface area contributed by atoms with Gasteiger partial charge in [0.15, 0.2) is 5.15 Å². The summed E-state index contributed by atoms with van der Waals surface area (Å²) in [6.45, 7) is 0. The largest absolute Gasteiger partial charge is 0.467 e. The van der Waals surface area contributed by atoms with Gasteiger partial charge in [0.25, 0.3) is 5.19 Å². The van der Waals surface area contributed by atoms with Crippen molar-refractivity contribution in [1.82, 2.24) is 4.98 Å². The smallest absolute Gasteiger partial charge is 0.276 e. The highest BCUT2D eigenvalue weighted by atomic mass is 35.5. The summed E-state index contributed by atoms with van der Waals surface area (Å²) in [6.07, 6.45) is 6.15. The Hall–Kier alpha value is -0.790. The van der Waals surface area contributed by atoms with Crippen LogP contribution in [0.15, 0.2) is 0 Å². The van der Waals surface area contributed by atoms with Crippen molar-refractivity contribution in [3.63, 3.8) is 0 Å². The van der Waals surface area contributed by atoms with Crippen LogP contribution >= 0.6 is 22.9 Å². The van der Waals surface area contributed by atoms with Crippen LogP contribution in [0.3, 0.4) is 0 Å². The Morgan fingerprint density at radius 3 is 2.73 bits per heavy atom. The van der Waals surface area contributed by atoms with Crippen LogP contribution in [-0.2, 0) is 0 Å². The summed E-state index contributed by atoms with van der Waals surface area (Å²) in [5.41, 5.74) is 0. The van der Waals surface area contributed by atoms with Gasteiger partial charge >= 0.3 is 0 Å². The van der Waals surface area contributed by atoms with Gasteiger partial charge in [0.2, 0.25) is 0 Å². The first-order valence-electron chi connectivity index (χ1n) is 5.02. The molecule has 1 fully saturated rings. The highest BCUT2D eigenvalue weighted by molar-refractivity contribution is 7.14. The van der Waals surface area contributed by atoms with E-state index in [1.165, 1.54) is 30.6 Å². The monoisotopic (exact) mass is 242 g/mol. The number of rotatable bonds is 2. The number of halogens is 1. The normalized spacial score (nSPS) is 17.3. The zero-order valence-corrected chi connectivity index (χ0v) is 9.77. The molecule has 1 aliphatic carbocycles. The van der Waals surface area contributed by atoms with Crippen LogP contribution in [0, 0.1) is 11.3 Å². The third kappa shape index (κ3) is 2.61. The molecule has 1 aliphatic rings. The molecule has 1 aromatic rings. The molecule has 80 valence electrons. The van der Waals surface area contributed by atoms with Crippen LogP contribution in [0.25, 0.3) is 0 Å². The lowest BCUT2D eigenvalue weighted by molar-refractivity contribution is 0.154. The fourth-order valence-corrected chi connectivity index (χ4v) is 2.68. The van der Waals surface area contributed by atoms with Gasteiger partial charge in [-0.15, -0.1) is 0 Å². The lowest BCUT2D eigenvalue weighted by Crippen LogP contribution is -2.19. The Balaban J connectivity index is 2.01. The van der Waals surface area contributed by atoms with E-state index in [9.17, 15) is 0 Å². The molecule has 0 bridgehead atoms. The molecule has 2 rings (SSSR count). The number of nitrogens with zero attached hydrogens (tertiary/aromatic N) is 2. The van der Waals surface area contributed by atoms with E-state index < -0.39 is 0 Å². The molecule has 15 heavy (non-hydrogen) atoms. The molecule has 0 spiro atoms. The molecular weight excluding hydrogens is 232 g/mol. The minimum Gasteiger partial charge on any atom is -0.467 e. The van der Waals surface area contributed by atoms with Crippen molar-refractivity contribution in [3.8, 4) is 11.3 Å². The quantitative estimate of drug-likeness (QED) is 0.799. The van der Waals surface area contributed by atoms with E-state index in [0.717, 1.165) is 12.8 Å². The Kier molecular flexibility index (Phi) is 3.45. The summed E-state index contributed by atoms with van der Waals surface area (Å²) in [5, 5.41) is 9.51. The average molecular weight is 243 g/mol. The molecule has 1 aromatic heterocycles. The maximum absolute atomic E-state index is 8.72. The third-order valence-corrected chi connectivity index (χ3v) is 3.72. The maximum Gasteiger partial charge on any atom is 0.276 e. The molecule has 0 aromatic carbocycles. The van der Waals surface area contributed by atoms with Gasteiger partial charge in [-0.05, 0) is 25.7 Å². The topological polar surface area (TPSA) is 45.9 Å². The molecule has 3 nitrogen and oxygen atoms in total. The highest BCUT2D eigenvalue weighted by Gasteiger charge is 2.18. The Labute approximate surface area is 97.6 Å². The van der Waals surface area contributed by atoms with Gasteiger partial charge in [0.05, 0.1) is 0 Å². The summed E-state index contributed by atoms with van der Waals surface area (Å²) < 4.78 is 5.69. The number of hydrogen-bond donors (Lipinski definition) is 0. The van der Waals surface area contributed by atoms with Gasteiger partial charge in [-0.3, -0.25) is 0 Å². The van der Waals surface area contributed by atoms with Crippen molar-refractivity contribution >= 4 is 22.9 Å². The van der Waals surface area contributed by atoms with Crippen molar-refractivity contribution in [1.29, 1.82) is 5.26 Å². The summed E-state index contributed by atoms with van der Waals surface area (Å²) in [6, 6.07) is 2.00. The van der Waals surface area contributed by atoms with Crippen LogP contribution in [0.2, 0.25) is 5.15 Å². The van der Waals surface area contributed by atoms with E-state index >= 15 is 0 Å². The minimum absolute atomic E-state index is 0.257. The SMILES string of the molecule is N#Cc1sc(OC2CCCCC2)nc1Cl.